The Morgan fingerprint density at radius 3 is 2.59 bits per heavy atom. The molecule has 0 bridgehead atoms. The molecule has 162 valence electrons. The SMILES string of the molecule is CCOC(=O)C(F)(F)[C@H](N[S@@](=O)[C@H]1C[C@@H]2[C@H](C[C@H]1C)C2(C)C)c1ccccc1O. The predicted molar refractivity (Wildman–Crippen MR) is 107 cm³/mol. The topological polar surface area (TPSA) is 75.6 Å². The number of para-hydroxylation sites is 1. The number of esters is 1. The van der Waals surface area contributed by atoms with E-state index in [4.69, 9.17) is 0 Å². The van der Waals surface area contributed by atoms with E-state index in [0.29, 0.717) is 18.3 Å². The van der Waals surface area contributed by atoms with E-state index in [1.807, 2.05) is 6.92 Å². The number of carbonyl (C=O) groups excluding carboxylic acids is 1. The van der Waals surface area contributed by atoms with Crippen molar-refractivity contribution in [2.24, 2.45) is 23.2 Å². The summed E-state index contributed by atoms with van der Waals surface area (Å²) in [5.74, 6) is -4.98. The predicted octanol–water partition coefficient (Wildman–Crippen LogP) is 3.96. The molecule has 3 rings (SSSR count). The molecule has 2 saturated carbocycles. The number of nitrogens with one attached hydrogen (secondary N) is 1. The van der Waals surface area contributed by atoms with Gasteiger partial charge in [0.25, 0.3) is 0 Å². The molecule has 0 amide bonds. The van der Waals surface area contributed by atoms with Gasteiger partial charge in [-0.1, -0.05) is 39.0 Å². The van der Waals surface area contributed by atoms with E-state index in [1.54, 1.807) is 0 Å². The van der Waals surface area contributed by atoms with E-state index in [9.17, 15) is 22.9 Å². The molecule has 0 unspecified atom stereocenters. The van der Waals surface area contributed by atoms with Crippen LogP contribution in [0.4, 0.5) is 8.78 Å². The van der Waals surface area contributed by atoms with Crippen LogP contribution in [0.3, 0.4) is 0 Å². The molecule has 2 fully saturated rings. The number of phenols is 1. The molecule has 0 aliphatic heterocycles. The number of hydrogen-bond donors (Lipinski definition) is 2. The molecule has 8 heteroatoms. The molecule has 6 atom stereocenters. The van der Waals surface area contributed by atoms with Crippen molar-refractivity contribution in [1.82, 2.24) is 4.72 Å². The van der Waals surface area contributed by atoms with Gasteiger partial charge in [0, 0.05) is 5.56 Å². The monoisotopic (exact) mass is 429 g/mol. The first kappa shape index (κ1) is 22.2. The average Bonchev–Trinajstić information content (AvgIpc) is 3.19. The number of fused-ring (bicyclic) bond motifs is 1. The van der Waals surface area contributed by atoms with Crippen molar-refractivity contribution in [2.45, 2.75) is 57.8 Å². The lowest BCUT2D eigenvalue weighted by atomic mass is 9.90. The second-order valence-electron chi connectivity index (χ2n) is 8.77. The molecule has 0 aromatic heterocycles. The number of aromatic hydroxyl groups is 1. The normalized spacial score (nSPS) is 30.1. The third-order valence-corrected chi connectivity index (χ3v) is 8.38. The Balaban J connectivity index is 1.86. The van der Waals surface area contributed by atoms with Gasteiger partial charge in [-0.3, -0.25) is 0 Å². The summed E-state index contributed by atoms with van der Waals surface area (Å²) in [6.07, 6.45) is 1.60. The van der Waals surface area contributed by atoms with E-state index in [0.717, 1.165) is 6.42 Å². The Kier molecular flexibility index (Phi) is 6.07. The number of hydrogen-bond acceptors (Lipinski definition) is 4. The van der Waals surface area contributed by atoms with Gasteiger partial charge >= 0.3 is 11.9 Å². The third-order valence-electron chi connectivity index (χ3n) is 6.70. The Labute approximate surface area is 172 Å². The lowest BCUT2D eigenvalue weighted by molar-refractivity contribution is -0.175. The van der Waals surface area contributed by atoms with Gasteiger partial charge in [0.15, 0.2) is 0 Å². The second kappa shape index (κ2) is 7.95. The van der Waals surface area contributed by atoms with Gasteiger partial charge in [-0.05, 0) is 49.0 Å². The number of ether oxygens (including phenoxy) is 1. The molecule has 0 heterocycles. The highest BCUT2D eigenvalue weighted by Crippen LogP contribution is 2.66. The summed E-state index contributed by atoms with van der Waals surface area (Å²) in [5, 5.41) is 9.82. The zero-order chi connectivity index (χ0) is 21.6. The first-order valence-electron chi connectivity index (χ1n) is 10.0. The highest BCUT2D eigenvalue weighted by atomic mass is 32.2. The molecule has 1 aromatic carbocycles. The fourth-order valence-corrected chi connectivity index (χ4v) is 6.34. The van der Waals surface area contributed by atoms with Gasteiger partial charge in [0.05, 0.1) is 22.8 Å². The van der Waals surface area contributed by atoms with Crippen LogP contribution < -0.4 is 4.72 Å². The molecule has 1 aromatic rings. The summed E-state index contributed by atoms with van der Waals surface area (Å²) in [6.45, 7) is 7.60. The zero-order valence-electron chi connectivity index (χ0n) is 17.2. The van der Waals surface area contributed by atoms with Gasteiger partial charge in [-0.2, -0.15) is 8.78 Å². The zero-order valence-corrected chi connectivity index (χ0v) is 18.0. The molecule has 2 N–H and O–H groups in total. The van der Waals surface area contributed by atoms with Crippen molar-refractivity contribution < 1.29 is 27.6 Å². The fraction of sp³-hybridized carbons (Fsp3) is 0.667. The van der Waals surface area contributed by atoms with Crippen molar-refractivity contribution in [3.63, 3.8) is 0 Å². The lowest BCUT2D eigenvalue weighted by Crippen LogP contribution is -2.47. The minimum Gasteiger partial charge on any atom is -0.508 e. The highest BCUT2D eigenvalue weighted by Gasteiger charge is 2.61. The molecule has 2 aliphatic rings. The summed E-state index contributed by atoms with van der Waals surface area (Å²) >= 11 is 0. The number of halogens is 2. The number of benzene rings is 1. The van der Waals surface area contributed by atoms with Crippen LogP contribution in [0.2, 0.25) is 0 Å². The molecule has 0 spiro atoms. The molecule has 5 nitrogen and oxygen atoms in total. The van der Waals surface area contributed by atoms with Gasteiger partial charge < -0.3 is 9.84 Å². The van der Waals surface area contributed by atoms with E-state index < -0.39 is 34.7 Å². The van der Waals surface area contributed by atoms with Crippen LogP contribution >= 0.6 is 0 Å². The second-order valence-corrected chi connectivity index (χ2v) is 10.2. The quantitative estimate of drug-likeness (QED) is 0.644. The Morgan fingerprint density at radius 2 is 1.97 bits per heavy atom. The van der Waals surface area contributed by atoms with Gasteiger partial charge in [0.2, 0.25) is 0 Å². The Bertz CT molecular complexity index is 801. The molecule has 0 radical (unpaired) electrons. The summed E-state index contributed by atoms with van der Waals surface area (Å²) in [6, 6.07) is 3.57. The molecule has 29 heavy (non-hydrogen) atoms. The highest BCUT2D eigenvalue weighted by molar-refractivity contribution is 7.83. The van der Waals surface area contributed by atoms with Crippen molar-refractivity contribution in [3.8, 4) is 5.75 Å². The third kappa shape index (κ3) is 4.06. The largest absolute Gasteiger partial charge is 0.508 e. The standard InChI is InChI=1S/C21H29F2NO4S/c1-5-28-19(26)21(22,23)18(13-8-6-7-9-16(13)25)24-29(27)17-11-15-14(10-12(17)2)20(15,3)4/h6-9,12,14-15,17-18,24-25H,5,10-11H2,1-4H3/t12-,14+,15-,17+,18-,29+/m1/s1. The van der Waals surface area contributed by atoms with Crippen molar-refractivity contribution in [3.05, 3.63) is 29.8 Å². The van der Waals surface area contributed by atoms with Crippen molar-refractivity contribution >= 4 is 17.0 Å². The first-order valence-corrected chi connectivity index (χ1v) is 11.2. The lowest BCUT2D eigenvalue weighted by Gasteiger charge is -2.31. The van der Waals surface area contributed by atoms with Crippen molar-refractivity contribution in [1.29, 1.82) is 0 Å². The minimum atomic E-state index is -4.00. The van der Waals surface area contributed by atoms with E-state index in [2.05, 4.69) is 23.3 Å². The minimum absolute atomic E-state index is 0.104. The smallest absolute Gasteiger partial charge is 0.379 e. The van der Waals surface area contributed by atoms with Gasteiger partial charge in [0.1, 0.15) is 11.8 Å². The van der Waals surface area contributed by atoms with Crippen LogP contribution in [0, 0.1) is 23.2 Å². The van der Waals surface area contributed by atoms with Crippen LogP contribution in [0.15, 0.2) is 24.3 Å². The fourth-order valence-electron chi connectivity index (χ4n) is 4.74. The summed E-state index contributed by atoms with van der Waals surface area (Å²) in [5.41, 5.74) is 0.00566. The maximum absolute atomic E-state index is 15.0. The number of phenolic OH excluding ortho intramolecular Hbond substituents is 1. The van der Waals surface area contributed by atoms with Crippen LogP contribution in [-0.4, -0.2) is 33.1 Å². The van der Waals surface area contributed by atoms with E-state index >= 15 is 0 Å². The Morgan fingerprint density at radius 1 is 1.34 bits per heavy atom. The van der Waals surface area contributed by atoms with E-state index in [1.165, 1.54) is 31.2 Å². The Hall–Kier alpha value is -1.54. The molecular formula is C21H29F2NO4S. The van der Waals surface area contributed by atoms with Crippen LogP contribution in [-0.2, 0) is 20.5 Å². The average molecular weight is 430 g/mol. The first-order chi connectivity index (χ1) is 13.5. The van der Waals surface area contributed by atoms with Crippen LogP contribution in [0.25, 0.3) is 0 Å². The summed E-state index contributed by atoms with van der Waals surface area (Å²) in [7, 11) is -1.82. The molecule has 2 aliphatic carbocycles. The molecular weight excluding hydrogens is 400 g/mol. The van der Waals surface area contributed by atoms with Gasteiger partial charge in [-0.25, -0.2) is 13.7 Å². The maximum atomic E-state index is 15.0. The number of rotatable bonds is 7. The number of alkyl halides is 2. The van der Waals surface area contributed by atoms with Crippen LogP contribution in [0.5, 0.6) is 5.75 Å². The number of carbonyl (C=O) groups is 1. The van der Waals surface area contributed by atoms with Crippen molar-refractivity contribution in [2.75, 3.05) is 6.61 Å². The van der Waals surface area contributed by atoms with E-state index in [-0.39, 0.29) is 28.8 Å². The molecule has 0 saturated heterocycles. The summed E-state index contributed by atoms with van der Waals surface area (Å²) in [4.78, 5) is 12.0. The maximum Gasteiger partial charge on any atom is 0.379 e. The summed E-state index contributed by atoms with van der Waals surface area (Å²) < 4.78 is 50.1. The van der Waals surface area contributed by atoms with Crippen LogP contribution in [0.1, 0.15) is 52.1 Å². The van der Waals surface area contributed by atoms with Gasteiger partial charge in [-0.15, -0.1) is 0 Å².